The van der Waals surface area contributed by atoms with Gasteiger partial charge in [-0.05, 0) is 42.0 Å². The average molecular weight is 364 g/mol. The Morgan fingerprint density at radius 2 is 1.67 bits per heavy atom. The monoisotopic (exact) mass is 364 g/mol. The minimum absolute atomic E-state index is 0.122. The SMILES string of the molecule is COC(=O)c1ccc(/C(=N\NCc2ccccc2)c2ccc(OC)cc2)o1. The van der Waals surface area contributed by atoms with Crippen molar-refractivity contribution in [1.29, 1.82) is 0 Å². The minimum atomic E-state index is -0.535. The van der Waals surface area contributed by atoms with E-state index in [4.69, 9.17) is 13.9 Å². The summed E-state index contributed by atoms with van der Waals surface area (Å²) < 4.78 is 15.5. The second-order valence-corrected chi connectivity index (χ2v) is 5.66. The van der Waals surface area contributed by atoms with Gasteiger partial charge >= 0.3 is 5.97 Å². The molecule has 6 heteroatoms. The van der Waals surface area contributed by atoms with Gasteiger partial charge in [-0.15, -0.1) is 0 Å². The van der Waals surface area contributed by atoms with Gasteiger partial charge in [0.2, 0.25) is 5.76 Å². The number of hydrazone groups is 1. The molecule has 0 saturated carbocycles. The first kappa shape index (κ1) is 18.3. The highest BCUT2D eigenvalue weighted by Crippen LogP contribution is 2.18. The van der Waals surface area contributed by atoms with Crippen LogP contribution in [0, 0.1) is 0 Å². The molecular weight excluding hydrogens is 344 g/mol. The number of benzene rings is 2. The molecule has 1 heterocycles. The summed E-state index contributed by atoms with van der Waals surface area (Å²) in [5, 5.41) is 4.49. The fourth-order valence-electron chi connectivity index (χ4n) is 2.49. The van der Waals surface area contributed by atoms with Crippen LogP contribution in [0.15, 0.2) is 76.2 Å². The summed E-state index contributed by atoms with van der Waals surface area (Å²) in [7, 11) is 2.92. The van der Waals surface area contributed by atoms with Crippen molar-refractivity contribution in [2.75, 3.05) is 14.2 Å². The van der Waals surface area contributed by atoms with Gasteiger partial charge < -0.3 is 19.3 Å². The molecule has 0 fully saturated rings. The molecule has 0 amide bonds. The number of hydrogen-bond acceptors (Lipinski definition) is 6. The van der Waals surface area contributed by atoms with E-state index < -0.39 is 5.97 Å². The van der Waals surface area contributed by atoms with Crippen LogP contribution >= 0.6 is 0 Å². The maximum atomic E-state index is 11.7. The second-order valence-electron chi connectivity index (χ2n) is 5.66. The van der Waals surface area contributed by atoms with Gasteiger partial charge in [0.1, 0.15) is 11.5 Å². The Kier molecular flexibility index (Phi) is 5.89. The summed E-state index contributed by atoms with van der Waals surface area (Å²) in [6.45, 7) is 0.561. The molecule has 27 heavy (non-hydrogen) atoms. The topological polar surface area (TPSA) is 73.1 Å². The van der Waals surface area contributed by atoms with Crippen molar-refractivity contribution in [2.45, 2.75) is 6.54 Å². The zero-order valence-corrected chi connectivity index (χ0v) is 15.1. The van der Waals surface area contributed by atoms with Crippen LogP contribution in [-0.2, 0) is 11.3 Å². The fraction of sp³-hybridized carbons (Fsp3) is 0.143. The van der Waals surface area contributed by atoms with Crippen LogP contribution in [0.1, 0.15) is 27.4 Å². The highest BCUT2D eigenvalue weighted by atomic mass is 16.5. The average Bonchev–Trinajstić information content (AvgIpc) is 3.21. The molecule has 3 rings (SSSR count). The summed E-state index contributed by atoms with van der Waals surface area (Å²) in [6, 6.07) is 20.6. The number of methoxy groups -OCH3 is 2. The van der Waals surface area contributed by atoms with E-state index in [1.165, 1.54) is 7.11 Å². The Morgan fingerprint density at radius 1 is 0.963 bits per heavy atom. The lowest BCUT2D eigenvalue weighted by Gasteiger charge is -2.07. The van der Waals surface area contributed by atoms with Crippen molar-refractivity contribution in [1.82, 2.24) is 5.43 Å². The lowest BCUT2D eigenvalue weighted by molar-refractivity contribution is 0.0564. The van der Waals surface area contributed by atoms with E-state index in [0.29, 0.717) is 18.0 Å². The number of nitrogens with zero attached hydrogens (tertiary/aromatic N) is 1. The lowest BCUT2D eigenvalue weighted by atomic mass is 10.1. The van der Waals surface area contributed by atoms with Gasteiger partial charge in [-0.25, -0.2) is 4.79 Å². The van der Waals surface area contributed by atoms with E-state index in [0.717, 1.165) is 16.9 Å². The van der Waals surface area contributed by atoms with Crippen molar-refractivity contribution in [2.24, 2.45) is 5.10 Å². The first-order chi connectivity index (χ1) is 13.2. The highest BCUT2D eigenvalue weighted by molar-refractivity contribution is 6.11. The maximum Gasteiger partial charge on any atom is 0.373 e. The predicted molar refractivity (Wildman–Crippen MR) is 102 cm³/mol. The number of carbonyl (C=O) groups is 1. The fourth-order valence-corrected chi connectivity index (χ4v) is 2.49. The van der Waals surface area contributed by atoms with Crippen LogP contribution in [-0.4, -0.2) is 25.9 Å². The normalized spacial score (nSPS) is 11.1. The summed E-state index contributed by atoms with van der Waals surface area (Å²) in [5.41, 5.74) is 5.56. The summed E-state index contributed by atoms with van der Waals surface area (Å²) >= 11 is 0. The molecule has 0 bridgehead atoms. The number of carbonyl (C=O) groups excluding carboxylic acids is 1. The molecular formula is C21H20N2O4. The smallest absolute Gasteiger partial charge is 0.373 e. The van der Waals surface area contributed by atoms with E-state index in [-0.39, 0.29) is 5.76 Å². The summed E-state index contributed by atoms with van der Waals surface area (Å²) in [5.74, 6) is 0.788. The van der Waals surface area contributed by atoms with Crippen molar-refractivity contribution in [3.63, 3.8) is 0 Å². The third kappa shape index (κ3) is 4.55. The Bertz CT molecular complexity index is 915. The van der Waals surface area contributed by atoms with Crippen LogP contribution in [0.3, 0.4) is 0 Å². The standard InChI is InChI=1S/C21H20N2O4/c1-25-17-10-8-16(9-11-17)20(18-12-13-19(27-18)21(24)26-2)23-22-14-15-6-4-3-5-7-15/h3-13,22H,14H2,1-2H3/b23-20-. The van der Waals surface area contributed by atoms with Gasteiger partial charge in [0, 0.05) is 5.56 Å². The Balaban J connectivity index is 1.88. The Morgan fingerprint density at radius 3 is 2.33 bits per heavy atom. The number of hydrogen-bond donors (Lipinski definition) is 1. The van der Waals surface area contributed by atoms with Gasteiger partial charge in [0.05, 0.1) is 20.8 Å². The molecule has 0 aliphatic rings. The van der Waals surface area contributed by atoms with Crippen molar-refractivity contribution >= 4 is 11.7 Å². The maximum absolute atomic E-state index is 11.7. The second kappa shape index (κ2) is 8.71. The number of rotatable bonds is 7. The Labute approximate surface area is 157 Å². The lowest BCUT2D eigenvalue weighted by Crippen LogP contribution is -2.12. The van der Waals surface area contributed by atoms with Gasteiger partial charge in [-0.1, -0.05) is 30.3 Å². The molecule has 1 N–H and O–H groups in total. The number of furan rings is 1. The third-order valence-electron chi connectivity index (χ3n) is 3.91. The summed E-state index contributed by atoms with van der Waals surface area (Å²) in [6.07, 6.45) is 0. The predicted octanol–water partition coefficient (Wildman–Crippen LogP) is 3.62. The van der Waals surface area contributed by atoms with Gasteiger partial charge in [-0.2, -0.15) is 5.10 Å². The third-order valence-corrected chi connectivity index (χ3v) is 3.91. The molecule has 3 aromatic rings. The molecule has 138 valence electrons. The number of nitrogens with one attached hydrogen (secondary N) is 1. The van der Waals surface area contributed by atoms with Crippen LogP contribution in [0.25, 0.3) is 0 Å². The van der Waals surface area contributed by atoms with Gasteiger partial charge in [-0.3, -0.25) is 0 Å². The minimum Gasteiger partial charge on any atom is -0.497 e. The summed E-state index contributed by atoms with van der Waals surface area (Å²) in [4.78, 5) is 11.7. The van der Waals surface area contributed by atoms with E-state index in [1.807, 2.05) is 54.6 Å². The van der Waals surface area contributed by atoms with Crippen molar-refractivity contribution in [3.05, 3.63) is 89.4 Å². The Hall–Kier alpha value is -3.54. The van der Waals surface area contributed by atoms with Gasteiger partial charge in [0.15, 0.2) is 5.76 Å². The first-order valence-corrected chi connectivity index (χ1v) is 8.38. The van der Waals surface area contributed by atoms with E-state index in [2.05, 4.69) is 10.5 Å². The van der Waals surface area contributed by atoms with Crippen LogP contribution in [0.4, 0.5) is 0 Å². The van der Waals surface area contributed by atoms with E-state index >= 15 is 0 Å². The number of esters is 1. The largest absolute Gasteiger partial charge is 0.497 e. The zero-order valence-electron chi connectivity index (χ0n) is 15.1. The highest BCUT2D eigenvalue weighted by Gasteiger charge is 2.16. The molecule has 0 spiro atoms. The van der Waals surface area contributed by atoms with E-state index in [9.17, 15) is 4.79 Å². The molecule has 0 saturated heterocycles. The molecule has 6 nitrogen and oxygen atoms in total. The first-order valence-electron chi connectivity index (χ1n) is 8.38. The van der Waals surface area contributed by atoms with Crippen molar-refractivity contribution in [3.8, 4) is 5.75 Å². The van der Waals surface area contributed by atoms with E-state index in [1.54, 1.807) is 19.2 Å². The molecule has 2 aromatic carbocycles. The molecule has 0 aliphatic carbocycles. The van der Waals surface area contributed by atoms with Gasteiger partial charge in [0.25, 0.3) is 0 Å². The quantitative estimate of drug-likeness (QED) is 0.394. The van der Waals surface area contributed by atoms with Crippen LogP contribution in [0.2, 0.25) is 0 Å². The zero-order chi connectivity index (χ0) is 19.1. The van der Waals surface area contributed by atoms with Crippen molar-refractivity contribution < 1.29 is 18.7 Å². The van der Waals surface area contributed by atoms with Crippen LogP contribution < -0.4 is 10.2 Å². The van der Waals surface area contributed by atoms with Crippen LogP contribution in [0.5, 0.6) is 5.75 Å². The molecule has 1 aromatic heterocycles. The molecule has 0 atom stereocenters. The number of ether oxygens (including phenoxy) is 2. The molecule has 0 radical (unpaired) electrons. The molecule has 0 aliphatic heterocycles. The molecule has 0 unspecified atom stereocenters.